The zero-order valence-corrected chi connectivity index (χ0v) is 18.5. The molecule has 0 atom stereocenters. The van der Waals surface area contributed by atoms with E-state index in [4.69, 9.17) is 16.3 Å². The molecule has 0 aliphatic carbocycles. The van der Waals surface area contributed by atoms with Gasteiger partial charge in [0.05, 0.1) is 17.1 Å². The second kappa shape index (κ2) is 8.55. The minimum absolute atomic E-state index is 0.161. The van der Waals surface area contributed by atoms with E-state index in [1.54, 1.807) is 17.2 Å². The lowest BCUT2D eigenvalue weighted by molar-refractivity contribution is 0.0725. The van der Waals surface area contributed by atoms with Crippen molar-refractivity contribution in [2.75, 3.05) is 6.54 Å². The van der Waals surface area contributed by atoms with Gasteiger partial charge in [-0.3, -0.25) is 14.6 Å². The third kappa shape index (κ3) is 4.35. The fraction of sp³-hybridized carbons (Fsp3) is 0.292. The van der Waals surface area contributed by atoms with E-state index < -0.39 is 0 Å². The molecule has 1 amide bonds. The molecule has 0 fully saturated rings. The van der Waals surface area contributed by atoms with Crippen molar-refractivity contribution < 1.29 is 9.53 Å². The molecule has 1 aliphatic heterocycles. The number of pyridine rings is 2. The van der Waals surface area contributed by atoms with Crippen molar-refractivity contribution in [3.63, 3.8) is 0 Å². The molecule has 3 aromatic rings. The number of amides is 1. The van der Waals surface area contributed by atoms with Crippen molar-refractivity contribution in [2.24, 2.45) is 0 Å². The Morgan fingerprint density at radius 1 is 1.16 bits per heavy atom. The van der Waals surface area contributed by atoms with Crippen LogP contribution in [-0.4, -0.2) is 27.3 Å². The number of nitrogens with one attached hydrogen (secondary N) is 1. The Kier molecular flexibility index (Phi) is 5.83. The van der Waals surface area contributed by atoms with Crippen LogP contribution < -0.4 is 10.3 Å². The monoisotopic (exact) mass is 437 g/mol. The second-order valence-corrected chi connectivity index (χ2v) is 8.31. The maximum absolute atomic E-state index is 13.3. The van der Waals surface area contributed by atoms with Crippen molar-refractivity contribution >= 4 is 17.5 Å². The highest BCUT2D eigenvalue weighted by atomic mass is 35.5. The number of halogens is 1. The van der Waals surface area contributed by atoms with Gasteiger partial charge in [0.2, 0.25) is 0 Å². The first-order chi connectivity index (χ1) is 14.8. The number of ether oxygens (including phenoxy) is 1. The van der Waals surface area contributed by atoms with Gasteiger partial charge in [0.15, 0.2) is 0 Å². The van der Waals surface area contributed by atoms with Gasteiger partial charge in [-0.1, -0.05) is 23.7 Å². The lowest BCUT2D eigenvalue weighted by Crippen LogP contribution is -2.39. The molecular formula is C24H24ClN3O3. The van der Waals surface area contributed by atoms with E-state index in [0.29, 0.717) is 41.5 Å². The van der Waals surface area contributed by atoms with Crippen LogP contribution in [0, 0.1) is 20.8 Å². The zero-order chi connectivity index (χ0) is 22.1. The summed E-state index contributed by atoms with van der Waals surface area (Å²) in [6, 6.07) is 9.48. The Morgan fingerprint density at radius 3 is 2.68 bits per heavy atom. The van der Waals surface area contributed by atoms with Gasteiger partial charge in [0.1, 0.15) is 12.4 Å². The molecule has 4 rings (SSSR count). The summed E-state index contributed by atoms with van der Waals surface area (Å²) in [5.41, 5.74) is 5.30. The molecule has 160 valence electrons. The van der Waals surface area contributed by atoms with Gasteiger partial charge in [-0.25, -0.2) is 0 Å². The summed E-state index contributed by atoms with van der Waals surface area (Å²) >= 11 is 6.61. The van der Waals surface area contributed by atoms with Crippen LogP contribution in [0.3, 0.4) is 0 Å². The summed E-state index contributed by atoms with van der Waals surface area (Å²) in [4.78, 5) is 34.4. The number of fused-ring (bicyclic) bond motifs is 1. The number of rotatable bonds is 5. The molecule has 3 heterocycles. The van der Waals surface area contributed by atoms with Crippen LogP contribution in [0.1, 0.15) is 44.0 Å². The molecular weight excluding hydrogens is 414 g/mol. The molecule has 0 saturated heterocycles. The molecule has 2 aromatic heterocycles. The smallest absolute Gasteiger partial charge is 0.256 e. The van der Waals surface area contributed by atoms with Gasteiger partial charge in [-0.2, -0.15) is 0 Å². The largest absolute Gasteiger partial charge is 0.487 e. The number of aromatic amines is 1. The van der Waals surface area contributed by atoms with Gasteiger partial charge in [0, 0.05) is 35.3 Å². The molecule has 1 aliphatic rings. The Morgan fingerprint density at radius 2 is 1.97 bits per heavy atom. The van der Waals surface area contributed by atoms with E-state index in [0.717, 1.165) is 28.1 Å². The number of H-pyrrole nitrogens is 1. The first-order valence-corrected chi connectivity index (χ1v) is 10.6. The molecule has 31 heavy (non-hydrogen) atoms. The maximum atomic E-state index is 13.3. The average molecular weight is 438 g/mol. The lowest BCUT2D eigenvalue weighted by Gasteiger charge is -2.30. The van der Waals surface area contributed by atoms with Crippen molar-refractivity contribution in [2.45, 2.75) is 40.3 Å². The van der Waals surface area contributed by atoms with Gasteiger partial charge < -0.3 is 14.6 Å². The third-order valence-electron chi connectivity index (χ3n) is 5.55. The SMILES string of the molecule is Cc1ccc(COc2ccc3c(c2Cl)C(=O)N(Cc2c(C)cc(C)[nH]c2=O)CC3)cn1. The molecule has 7 heteroatoms. The van der Waals surface area contributed by atoms with E-state index in [1.165, 1.54) is 0 Å². The predicted molar refractivity (Wildman–Crippen MR) is 120 cm³/mol. The Hall–Kier alpha value is -3.12. The Bertz CT molecular complexity index is 1200. The minimum Gasteiger partial charge on any atom is -0.487 e. The van der Waals surface area contributed by atoms with E-state index in [-0.39, 0.29) is 18.0 Å². The van der Waals surface area contributed by atoms with Crippen molar-refractivity contribution in [1.82, 2.24) is 14.9 Å². The second-order valence-electron chi connectivity index (χ2n) is 7.93. The third-order valence-corrected chi connectivity index (χ3v) is 5.93. The normalized spacial score (nSPS) is 13.3. The highest BCUT2D eigenvalue weighted by Crippen LogP contribution is 2.35. The van der Waals surface area contributed by atoms with Crippen LogP contribution in [0.2, 0.25) is 5.02 Å². The Balaban J connectivity index is 1.57. The molecule has 0 saturated carbocycles. The van der Waals surface area contributed by atoms with Crippen LogP contribution in [0.4, 0.5) is 0 Å². The number of aromatic nitrogens is 2. The number of hydrogen-bond acceptors (Lipinski definition) is 4. The van der Waals surface area contributed by atoms with Crippen LogP contribution in [0.5, 0.6) is 5.75 Å². The molecule has 0 radical (unpaired) electrons. The van der Waals surface area contributed by atoms with Gasteiger partial charge in [-0.15, -0.1) is 0 Å². The van der Waals surface area contributed by atoms with E-state index in [1.807, 2.05) is 45.0 Å². The van der Waals surface area contributed by atoms with E-state index >= 15 is 0 Å². The minimum atomic E-state index is -0.187. The van der Waals surface area contributed by atoms with Crippen LogP contribution in [-0.2, 0) is 19.6 Å². The summed E-state index contributed by atoms with van der Waals surface area (Å²) in [6.07, 6.45) is 2.43. The number of nitrogens with zero attached hydrogens (tertiary/aromatic N) is 2. The lowest BCUT2D eigenvalue weighted by atomic mass is 9.97. The van der Waals surface area contributed by atoms with E-state index in [2.05, 4.69) is 9.97 Å². The molecule has 0 spiro atoms. The molecule has 1 aromatic carbocycles. The summed E-state index contributed by atoms with van der Waals surface area (Å²) < 4.78 is 5.88. The molecule has 6 nitrogen and oxygen atoms in total. The highest BCUT2D eigenvalue weighted by Gasteiger charge is 2.29. The summed E-state index contributed by atoms with van der Waals surface area (Å²) in [6.45, 7) is 6.74. The molecule has 0 bridgehead atoms. The fourth-order valence-electron chi connectivity index (χ4n) is 3.83. The van der Waals surface area contributed by atoms with Crippen LogP contribution >= 0.6 is 11.6 Å². The summed E-state index contributed by atoms with van der Waals surface area (Å²) in [5, 5.41) is 0.307. The maximum Gasteiger partial charge on any atom is 0.256 e. The molecule has 1 N–H and O–H groups in total. The van der Waals surface area contributed by atoms with Gasteiger partial charge in [0.25, 0.3) is 11.5 Å². The predicted octanol–water partition coefficient (Wildman–Crippen LogP) is 4.13. The van der Waals surface area contributed by atoms with Gasteiger partial charge in [-0.05, 0) is 56.5 Å². The highest BCUT2D eigenvalue weighted by molar-refractivity contribution is 6.35. The first kappa shape index (κ1) is 21.1. The average Bonchev–Trinajstić information content (AvgIpc) is 2.72. The fourth-order valence-corrected chi connectivity index (χ4v) is 4.15. The first-order valence-electron chi connectivity index (χ1n) is 10.2. The van der Waals surface area contributed by atoms with Gasteiger partial charge >= 0.3 is 0 Å². The summed E-state index contributed by atoms with van der Waals surface area (Å²) in [7, 11) is 0. The van der Waals surface area contributed by atoms with Crippen LogP contribution in [0.25, 0.3) is 0 Å². The van der Waals surface area contributed by atoms with Crippen molar-refractivity contribution in [3.05, 3.63) is 91.1 Å². The quantitative estimate of drug-likeness (QED) is 0.651. The zero-order valence-electron chi connectivity index (χ0n) is 17.8. The molecule has 0 unspecified atom stereocenters. The topological polar surface area (TPSA) is 75.3 Å². The van der Waals surface area contributed by atoms with E-state index in [9.17, 15) is 9.59 Å². The number of carbonyl (C=O) groups excluding carboxylic acids is 1. The van der Waals surface area contributed by atoms with Crippen molar-refractivity contribution in [3.8, 4) is 5.75 Å². The van der Waals surface area contributed by atoms with Crippen LogP contribution in [0.15, 0.2) is 41.3 Å². The van der Waals surface area contributed by atoms with Crippen molar-refractivity contribution in [1.29, 1.82) is 0 Å². The number of hydrogen-bond donors (Lipinski definition) is 1. The number of carbonyl (C=O) groups is 1. The number of benzene rings is 1. The Labute approximate surface area is 185 Å². The summed E-state index contributed by atoms with van der Waals surface area (Å²) in [5.74, 6) is 0.272. The number of aryl methyl sites for hydroxylation is 3. The standard InChI is InChI=1S/C24H24ClN3O3/c1-14-10-16(3)27-23(29)19(14)12-28-9-8-18-6-7-20(22(25)21(18)24(28)30)31-13-17-5-4-15(2)26-11-17/h4-7,10-11H,8-9,12-13H2,1-3H3,(H,27,29).